The lowest BCUT2D eigenvalue weighted by atomic mass is 10.0. The van der Waals surface area contributed by atoms with Crippen LogP contribution in [0.2, 0.25) is 0 Å². The summed E-state index contributed by atoms with van der Waals surface area (Å²) in [5, 5.41) is 2.98. The highest BCUT2D eigenvalue weighted by molar-refractivity contribution is 5.78. The highest BCUT2D eigenvalue weighted by Crippen LogP contribution is 2.04. The lowest BCUT2D eigenvalue weighted by Crippen LogP contribution is -2.43. The van der Waals surface area contributed by atoms with Crippen molar-refractivity contribution in [3.63, 3.8) is 0 Å². The molecule has 0 aromatic heterocycles. The van der Waals surface area contributed by atoms with Gasteiger partial charge in [0, 0.05) is 38.1 Å². The predicted molar refractivity (Wildman–Crippen MR) is 72.2 cm³/mol. The molecule has 0 saturated carbocycles. The third-order valence-electron chi connectivity index (χ3n) is 3.50. The molecule has 18 heavy (non-hydrogen) atoms. The number of carbonyl (C=O) groups is 1. The number of nitrogens with one attached hydrogen (secondary N) is 1. The smallest absolute Gasteiger partial charge is 0.224 e. The Bertz CT molecular complexity index is 253. The molecule has 5 heteroatoms. The molecule has 1 saturated heterocycles. The number of rotatable bonds is 6. The molecule has 1 amide bonds. The van der Waals surface area contributed by atoms with Gasteiger partial charge in [-0.15, -0.1) is 0 Å². The van der Waals surface area contributed by atoms with E-state index >= 15 is 0 Å². The van der Waals surface area contributed by atoms with Crippen LogP contribution in [0, 0.1) is 11.8 Å². The molecule has 1 aliphatic heterocycles. The van der Waals surface area contributed by atoms with E-state index in [9.17, 15) is 4.79 Å². The van der Waals surface area contributed by atoms with Crippen LogP contribution in [0.25, 0.3) is 0 Å². The number of ether oxygens (including phenoxy) is 1. The fourth-order valence-electron chi connectivity index (χ4n) is 1.96. The molecule has 1 aliphatic rings. The second-order valence-corrected chi connectivity index (χ2v) is 5.41. The Balaban J connectivity index is 2.19. The van der Waals surface area contributed by atoms with Crippen LogP contribution in [0.15, 0.2) is 0 Å². The van der Waals surface area contributed by atoms with Gasteiger partial charge in [-0.2, -0.15) is 0 Å². The average Bonchev–Trinajstić information content (AvgIpc) is 2.36. The summed E-state index contributed by atoms with van der Waals surface area (Å²) in [5.74, 6) is 0.381. The number of nitrogens with two attached hydrogens (primary N) is 1. The topological polar surface area (TPSA) is 67.6 Å². The number of nitrogens with zero attached hydrogens (tertiary/aromatic N) is 1. The predicted octanol–water partition coefficient (Wildman–Crippen LogP) is 0.0542. The molecule has 0 aromatic rings. The number of carbonyl (C=O) groups excluding carboxylic acids is 1. The molecule has 1 fully saturated rings. The molecule has 0 aliphatic carbocycles. The van der Waals surface area contributed by atoms with E-state index in [1.165, 1.54) is 0 Å². The van der Waals surface area contributed by atoms with Crippen LogP contribution in [0.3, 0.4) is 0 Å². The molecule has 1 heterocycles. The van der Waals surface area contributed by atoms with Gasteiger partial charge in [-0.1, -0.05) is 13.8 Å². The summed E-state index contributed by atoms with van der Waals surface area (Å²) in [6.45, 7) is 11.2. The zero-order valence-electron chi connectivity index (χ0n) is 11.8. The SMILES string of the molecule is CC(CNC(=O)C(C)C(C)N)CN1CCOCC1. The average molecular weight is 257 g/mol. The monoisotopic (exact) mass is 257 g/mol. The maximum absolute atomic E-state index is 11.8. The molecule has 0 radical (unpaired) electrons. The van der Waals surface area contributed by atoms with E-state index in [1.807, 2.05) is 13.8 Å². The van der Waals surface area contributed by atoms with Crippen LogP contribution in [0.5, 0.6) is 0 Å². The zero-order chi connectivity index (χ0) is 13.5. The van der Waals surface area contributed by atoms with E-state index in [4.69, 9.17) is 10.5 Å². The van der Waals surface area contributed by atoms with Crippen molar-refractivity contribution in [1.29, 1.82) is 0 Å². The highest BCUT2D eigenvalue weighted by Gasteiger charge is 2.18. The number of amides is 1. The second-order valence-electron chi connectivity index (χ2n) is 5.41. The molecule has 0 bridgehead atoms. The molecule has 106 valence electrons. The first-order valence-corrected chi connectivity index (χ1v) is 6.84. The van der Waals surface area contributed by atoms with Crippen LogP contribution >= 0.6 is 0 Å². The highest BCUT2D eigenvalue weighted by atomic mass is 16.5. The zero-order valence-corrected chi connectivity index (χ0v) is 11.8. The van der Waals surface area contributed by atoms with Crippen LogP contribution in [-0.4, -0.2) is 56.2 Å². The first kappa shape index (κ1) is 15.4. The number of hydrogen-bond donors (Lipinski definition) is 2. The normalized spacial score (nSPS) is 22.2. The van der Waals surface area contributed by atoms with Crippen molar-refractivity contribution in [3.8, 4) is 0 Å². The van der Waals surface area contributed by atoms with Crippen molar-refractivity contribution >= 4 is 5.91 Å². The summed E-state index contributed by atoms with van der Waals surface area (Å²) in [6, 6.07) is -0.0976. The molecular formula is C13H27N3O2. The Labute approximate surface area is 110 Å². The standard InChI is InChI=1S/C13H27N3O2/c1-10(9-16-4-6-18-7-5-16)8-15-13(17)11(2)12(3)14/h10-12H,4-9,14H2,1-3H3,(H,15,17). The van der Waals surface area contributed by atoms with Gasteiger partial charge in [-0.3, -0.25) is 9.69 Å². The van der Waals surface area contributed by atoms with Gasteiger partial charge in [0.2, 0.25) is 5.91 Å². The summed E-state index contributed by atoms with van der Waals surface area (Å²) in [4.78, 5) is 14.1. The second kappa shape index (κ2) is 7.71. The van der Waals surface area contributed by atoms with Crippen molar-refractivity contribution in [2.45, 2.75) is 26.8 Å². The maximum atomic E-state index is 11.8. The van der Waals surface area contributed by atoms with E-state index in [0.29, 0.717) is 12.5 Å². The van der Waals surface area contributed by atoms with Gasteiger partial charge in [0.25, 0.3) is 0 Å². The van der Waals surface area contributed by atoms with E-state index in [0.717, 1.165) is 32.8 Å². The van der Waals surface area contributed by atoms with Crippen LogP contribution in [0.4, 0.5) is 0 Å². The van der Waals surface area contributed by atoms with Crippen molar-refractivity contribution in [3.05, 3.63) is 0 Å². The summed E-state index contributed by atoms with van der Waals surface area (Å²) < 4.78 is 5.31. The van der Waals surface area contributed by atoms with Crippen LogP contribution in [-0.2, 0) is 9.53 Å². The molecule has 3 unspecified atom stereocenters. The minimum Gasteiger partial charge on any atom is -0.379 e. The minimum atomic E-state index is -0.124. The number of morpholine rings is 1. The van der Waals surface area contributed by atoms with Gasteiger partial charge in [0.1, 0.15) is 0 Å². The van der Waals surface area contributed by atoms with E-state index < -0.39 is 0 Å². The Morgan fingerprint density at radius 2 is 1.94 bits per heavy atom. The summed E-state index contributed by atoms with van der Waals surface area (Å²) >= 11 is 0. The summed E-state index contributed by atoms with van der Waals surface area (Å²) in [6.07, 6.45) is 0. The van der Waals surface area contributed by atoms with Crippen molar-refractivity contribution in [1.82, 2.24) is 10.2 Å². The van der Waals surface area contributed by atoms with Crippen LogP contribution < -0.4 is 11.1 Å². The lowest BCUT2D eigenvalue weighted by Gasteiger charge is -2.29. The first-order chi connectivity index (χ1) is 8.50. The molecule has 3 atom stereocenters. The van der Waals surface area contributed by atoms with E-state index in [-0.39, 0.29) is 17.9 Å². The van der Waals surface area contributed by atoms with Gasteiger partial charge < -0.3 is 15.8 Å². The maximum Gasteiger partial charge on any atom is 0.224 e. The van der Waals surface area contributed by atoms with Gasteiger partial charge >= 0.3 is 0 Å². The Hall–Kier alpha value is -0.650. The van der Waals surface area contributed by atoms with Crippen LogP contribution in [0.1, 0.15) is 20.8 Å². The fourth-order valence-corrected chi connectivity index (χ4v) is 1.96. The molecular weight excluding hydrogens is 230 g/mol. The van der Waals surface area contributed by atoms with Gasteiger partial charge in [-0.25, -0.2) is 0 Å². The molecule has 1 rings (SSSR count). The third-order valence-corrected chi connectivity index (χ3v) is 3.50. The molecule has 5 nitrogen and oxygen atoms in total. The first-order valence-electron chi connectivity index (χ1n) is 6.84. The van der Waals surface area contributed by atoms with Crippen molar-refractivity contribution in [2.75, 3.05) is 39.4 Å². The summed E-state index contributed by atoms with van der Waals surface area (Å²) in [5.41, 5.74) is 5.71. The lowest BCUT2D eigenvalue weighted by molar-refractivity contribution is -0.125. The Morgan fingerprint density at radius 3 is 2.50 bits per heavy atom. The fraction of sp³-hybridized carbons (Fsp3) is 0.923. The molecule has 0 aromatic carbocycles. The van der Waals surface area contributed by atoms with Gasteiger partial charge in [0.15, 0.2) is 0 Å². The third kappa shape index (κ3) is 5.33. The van der Waals surface area contributed by atoms with Crippen molar-refractivity contribution < 1.29 is 9.53 Å². The largest absolute Gasteiger partial charge is 0.379 e. The van der Waals surface area contributed by atoms with E-state index in [2.05, 4.69) is 17.1 Å². The Kier molecular flexibility index (Phi) is 6.60. The van der Waals surface area contributed by atoms with Gasteiger partial charge in [-0.05, 0) is 12.8 Å². The van der Waals surface area contributed by atoms with Gasteiger partial charge in [0.05, 0.1) is 13.2 Å². The Morgan fingerprint density at radius 1 is 1.33 bits per heavy atom. The number of hydrogen-bond acceptors (Lipinski definition) is 4. The molecule has 0 spiro atoms. The quantitative estimate of drug-likeness (QED) is 0.706. The van der Waals surface area contributed by atoms with E-state index in [1.54, 1.807) is 0 Å². The minimum absolute atomic E-state index is 0.0545. The summed E-state index contributed by atoms with van der Waals surface area (Å²) in [7, 11) is 0. The van der Waals surface area contributed by atoms with Crippen molar-refractivity contribution in [2.24, 2.45) is 17.6 Å². The molecule has 3 N–H and O–H groups in total.